The highest BCUT2D eigenvalue weighted by Crippen LogP contribution is 1.86. The van der Waals surface area contributed by atoms with Crippen molar-refractivity contribution in [1.82, 2.24) is 14.9 Å². The molecule has 0 aliphatic heterocycles. The first-order chi connectivity index (χ1) is 6.48. The van der Waals surface area contributed by atoms with Crippen LogP contribution in [0.3, 0.4) is 0 Å². The van der Waals surface area contributed by atoms with Gasteiger partial charge < -0.3 is 10.2 Å². The highest BCUT2D eigenvalue weighted by atomic mass is 32.2. The van der Waals surface area contributed by atoms with Crippen LogP contribution < -0.4 is 10.0 Å². The molecule has 0 saturated carbocycles. The predicted molar refractivity (Wildman–Crippen MR) is 58.9 cm³/mol. The minimum absolute atomic E-state index is 0.144. The van der Waals surface area contributed by atoms with Crippen molar-refractivity contribution < 1.29 is 8.42 Å². The standard InChI is InChI=1S/C8H21N3O2S/c1-9-6-8-14(12,13)10-5-4-7-11(2)3/h9-10H,4-8H2,1-3H3. The molecule has 14 heavy (non-hydrogen) atoms. The Bertz CT molecular complexity index is 227. The molecule has 0 aromatic carbocycles. The van der Waals surface area contributed by atoms with E-state index in [0.717, 1.165) is 13.0 Å². The quantitative estimate of drug-likeness (QED) is 0.522. The zero-order valence-corrected chi connectivity index (χ0v) is 10.0. The smallest absolute Gasteiger partial charge is 0.212 e. The number of hydrogen-bond donors (Lipinski definition) is 2. The summed E-state index contributed by atoms with van der Waals surface area (Å²) in [6, 6.07) is 0. The summed E-state index contributed by atoms with van der Waals surface area (Å²) in [5.41, 5.74) is 0. The maximum atomic E-state index is 11.3. The lowest BCUT2D eigenvalue weighted by molar-refractivity contribution is 0.400. The second-order valence-corrected chi connectivity index (χ2v) is 5.40. The lowest BCUT2D eigenvalue weighted by Crippen LogP contribution is -2.32. The number of nitrogens with zero attached hydrogens (tertiary/aromatic N) is 1. The fourth-order valence-electron chi connectivity index (χ4n) is 0.932. The minimum Gasteiger partial charge on any atom is -0.319 e. The monoisotopic (exact) mass is 223 g/mol. The average Bonchev–Trinajstić information content (AvgIpc) is 2.09. The molecule has 0 aliphatic carbocycles. The highest BCUT2D eigenvalue weighted by Gasteiger charge is 2.07. The Morgan fingerprint density at radius 1 is 1.21 bits per heavy atom. The Morgan fingerprint density at radius 2 is 1.86 bits per heavy atom. The molecule has 2 N–H and O–H groups in total. The summed E-state index contributed by atoms with van der Waals surface area (Å²) in [6.07, 6.45) is 0.839. The minimum atomic E-state index is -3.07. The average molecular weight is 223 g/mol. The van der Waals surface area contributed by atoms with Crippen LogP contribution in [0.15, 0.2) is 0 Å². The van der Waals surface area contributed by atoms with E-state index in [0.29, 0.717) is 13.1 Å². The molecule has 0 radical (unpaired) electrons. The van der Waals surface area contributed by atoms with Crippen LogP contribution in [0.2, 0.25) is 0 Å². The van der Waals surface area contributed by atoms with Gasteiger partial charge in [0.25, 0.3) is 0 Å². The molecule has 0 heterocycles. The van der Waals surface area contributed by atoms with Crippen molar-refractivity contribution in [2.45, 2.75) is 6.42 Å². The van der Waals surface area contributed by atoms with E-state index in [1.165, 1.54) is 0 Å². The summed E-state index contributed by atoms with van der Waals surface area (Å²) in [5.74, 6) is 0.144. The van der Waals surface area contributed by atoms with Crippen LogP contribution in [0.1, 0.15) is 6.42 Å². The first kappa shape index (κ1) is 13.8. The molecule has 0 unspecified atom stereocenters. The van der Waals surface area contributed by atoms with Crippen molar-refractivity contribution in [2.24, 2.45) is 0 Å². The Labute approximate surface area is 86.9 Å². The van der Waals surface area contributed by atoms with Gasteiger partial charge >= 0.3 is 0 Å². The third-order valence-electron chi connectivity index (χ3n) is 1.72. The number of rotatable bonds is 8. The second-order valence-electron chi connectivity index (χ2n) is 3.47. The van der Waals surface area contributed by atoms with E-state index in [4.69, 9.17) is 0 Å². The van der Waals surface area contributed by atoms with Crippen LogP contribution in [0.25, 0.3) is 0 Å². The Hall–Kier alpha value is -0.170. The topological polar surface area (TPSA) is 61.4 Å². The largest absolute Gasteiger partial charge is 0.319 e. The van der Waals surface area contributed by atoms with Gasteiger partial charge in [-0.1, -0.05) is 0 Å². The molecule has 0 spiro atoms. The molecule has 0 rings (SSSR count). The van der Waals surface area contributed by atoms with Crippen molar-refractivity contribution >= 4 is 10.0 Å². The van der Waals surface area contributed by atoms with Gasteiger partial charge in [-0.3, -0.25) is 0 Å². The van der Waals surface area contributed by atoms with E-state index < -0.39 is 10.0 Å². The van der Waals surface area contributed by atoms with Gasteiger partial charge in [0.15, 0.2) is 0 Å². The molecule has 0 aromatic heterocycles. The molecule has 0 amide bonds. The number of sulfonamides is 1. The van der Waals surface area contributed by atoms with Crippen molar-refractivity contribution in [1.29, 1.82) is 0 Å². The molecule has 0 atom stereocenters. The van der Waals surface area contributed by atoms with Gasteiger partial charge in [0.1, 0.15) is 0 Å². The van der Waals surface area contributed by atoms with Crippen molar-refractivity contribution in [3.05, 3.63) is 0 Å². The van der Waals surface area contributed by atoms with Crippen LogP contribution in [0.4, 0.5) is 0 Å². The molecule has 6 heteroatoms. The van der Waals surface area contributed by atoms with E-state index in [1.807, 2.05) is 19.0 Å². The maximum absolute atomic E-state index is 11.3. The molecule has 0 aliphatic rings. The van der Waals surface area contributed by atoms with Crippen LogP contribution >= 0.6 is 0 Å². The lowest BCUT2D eigenvalue weighted by atomic mass is 10.4. The highest BCUT2D eigenvalue weighted by molar-refractivity contribution is 7.89. The summed E-state index contributed by atoms with van der Waals surface area (Å²) in [5, 5.41) is 2.81. The molecule has 0 fully saturated rings. The molecule has 5 nitrogen and oxygen atoms in total. The first-order valence-corrected chi connectivity index (χ1v) is 6.40. The molecule has 0 aromatic rings. The SMILES string of the molecule is CNCCS(=O)(=O)NCCCN(C)C. The van der Waals surface area contributed by atoms with Gasteiger partial charge in [0.2, 0.25) is 10.0 Å². The van der Waals surface area contributed by atoms with E-state index in [-0.39, 0.29) is 5.75 Å². The van der Waals surface area contributed by atoms with Gasteiger partial charge in [-0.2, -0.15) is 0 Å². The third-order valence-corrected chi connectivity index (χ3v) is 3.11. The fraction of sp³-hybridized carbons (Fsp3) is 1.00. The number of nitrogens with one attached hydrogen (secondary N) is 2. The van der Waals surface area contributed by atoms with Gasteiger partial charge in [-0.05, 0) is 34.1 Å². The van der Waals surface area contributed by atoms with Gasteiger partial charge in [-0.25, -0.2) is 13.1 Å². The number of hydrogen-bond acceptors (Lipinski definition) is 4. The summed E-state index contributed by atoms with van der Waals surface area (Å²) in [4.78, 5) is 2.03. The molecular weight excluding hydrogens is 202 g/mol. The Balaban J connectivity index is 3.56. The van der Waals surface area contributed by atoms with E-state index in [9.17, 15) is 8.42 Å². The predicted octanol–water partition coefficient (Wildman–Crippen LogP) is -0.923. The van der Waals surface area contributed by atoms with Crippen LogP contribution in [0.5, 0.6) is 0 Å². The van der Waals surface area contributed by atoms with E-state index in [1.54, 1.807) is 7.05 Å². The third kappa shape index (κ3) is 8.43. The summed E-state index contributed by atoms with van der Waals surface area (Å²) >= 11 is 0. The summed E-state index contributed by atoms with van der Waals surface area (Å²) in [6.45, 7) is 1.90. The molecule has 0 saturated heterocycles. The second kappa shape index (κ2) is 7.17. The molecular formula is C8H21N3O2S. The lowest BCUT2D eigenvalue weighted by Gasteiger charge is -2.10. The van der Waals surface area contributed by atoms with Gasteiger partial charge in [0.05, 0.1) is 5.75 Å². The maximum Gasteiger partial charge on any atom is 0.212 e. The zero-order valence-electron chi connectivity index (χ0n) is 9.21. The van der Waals surface area contributed by atoms with Crippen molar-refractivity contribution in [3.8, 4) is 0 Å². The summed E-state index contributed by atoms with van der Waals surface area (Å²) in [7, 11) is 2.60. The normalized spacial score (nSPS) is 12.3. The van der Waals surface area contributed by atoms with Crippen LogP contribution in [-0.4, -0.2) is 59.8 Å². The Morgan fingerprint density at radius 3 is 2.36 bits per heavy atom. The molecule has 0 bridgehead atoms. The van der Waals surface area contributed by atoms with Crippen LogP contribution in [-0.2, 0) is 10.0 Å². The van der Waals surface area contributed by atoms with E-state index >= 15 is 0 Å². The first-order valence-electron chi connectivity index (χ1n) is 4.74. The van der Waals surface area contributed by atoms with E-state index in [2.05, 4.69) is 10.0 Å². The van der Waals surface area contributed by atoms with Crippen molar-refractivity contribution in [2.75, 3.05) is 46.5 Å². The Kier molecular flexibility index (Phi) is 7.08. The zero-order chi connectivity index (χ0) is 11.0. The fourth-order valence-corrected chi connectivity index (χ4v) is 2.00. The van der Waals surface area contributed by atoms with Gasteiger partial charge in [0, 0.05) is 13.1 Å². The summed E-state index contributed by atoms with van der Waals surface area (Å²) < 4.78 is 25.1. The van der Waals surface area contributed by atoms with Crippen LogP contribution in [0, 0.1) is 0 Å². The molecule has 86 valence electrons. The van der Waals surface area contributed by atoms with Gasteiger partial charge in [-0.15, -0.1) is 0 Å². The van der Waals surface area contributed by atoms with Crippen molar-refractivity contribution in [3.63, 3.8) is 0 Å².